The first-order valence-corrected chi connectivity index (χ1v) is 9.79. The van der Waals surface area contributed by atoms with Gasteiger partial charge in [-0.3, -0.25) is 0 Å². The lowest BCUT2D eigenvalue weighted by molar-refractivity contribution is -0.0519. The molecular formula is C20H39NO. The zero-order valence-electron chi connectivity index (χ0n) is 15.8. The van der Waals surface area contributed by atoms with Crippen molar-refractivity contribution in [2.24, 2.45) is 16.7 Å². The fourth-order valence-corrected chi connectivity index (χ4v) is 4.81. The van der Waals surface area contributed by atoms with Gasteiger partial charge in [0.2, 0.25) is 0 Å². The van der Waals surface area contributed by atoms with Crippen LogP contribution in [-0.4, -0.2) is 37.2 Å². The molecule has 2 nitrogen and oxygen atoms in total. The highest BCUT2D eigenvalue weighted by Gasteiger charge is 2.61. The van der Waals surface area contributed by atoms with Crippen LogP contribution in [0.3, 0.4) is 0 Å². The maximum atomic E-state index is 6.42. The Morgan fingerprint density at radius 2 is 1.64 bits per heavy atom. The predicted molar refractivity (Wildman–Crippen MR) is 95.2 cm³/mol. The number of fused-ring (bicyclic) bond motifs is 2. The predicted octanol–water partition coefficient (Wildman–Crippen LogP) is 5.12. The molecule has 0 saturated heterocycles. The minimum atomic E-state index is 0.412. The van der Waals surface area contributed by atoms with Crippen LogP contribution in [0.25, 0.3) is 0 Å². The highest BCUT2D eigenvalue weighted by molar-refractivity contribution is 5.11. The van der Waals surface area contributed by atoms with E-state index >= 15 is 0 Å². The van der Waals surface area contributed by atoms with Crippen LogP contribution in [-0.2, 0) is 4.74 Å². The van der Waals surface area contributed by atoms with Gasteiger partial charge in [-0.25, -0.2) is 0 Å². The second-order valence-electron chi connectivity index (χ2n) is 8.52. The van der Waals surface area contributed by atoms with Gasteiger partial charge in [-0.15, -0.1) is 0 Å². The monoisotopic (exact) mass is 309 g/mol. The van der Waals surface area contributed by atoms with Gasteiger partial charge in [0.15, 0.2) is 0 Å². The molecule has 2 bridgehead atoms. The Kier molecular flexibility index (Phi) is 6.36. The number of hydrogen-bond donors (Lipinski definition) is 0. The van der Waals surface area contributed by atoms with Gasteiger partial charge in [0, 0.05) is 6.54 Å². The molecule has 0 radical (unpaired) electrons. The molecule has 130 valence electrons. The van der Waals surface area contributed by atoms with Gasteiger partial charge < -0.3 is 9.64 Å². The highest BCUT2D eigenvalue weighted by Crippen LogP contribution is 2.66. The molecule has 22 heavy (non-hydrogen) atoms. The van der Waals surface area contributed by atoms with Crippen LogP contribution in [0.2, 0.25) is 0 Å². The maximum Gasteiger partial charge on any atom is 0.0637 e. The van der Waals surface area contributed by atoms with Crippen molar-refractivity contribution in [2.45, 2.75) is 85.7 Å². The number of nitrogens with zero attached hydrogens (tertiary/aromatic N) is 1. The smallest absolute Gasteiger partial charge is 0.0637 e. The van der Waals surface area contributed by atoms with Crippen LogP contribution in [0.4, 0.5) is 0 Å². The average molecular weight is 310 g/mol. The van der Waals surface area contributed by atoms with E-state index in [0.717, 1.165) is 19.1 Å². The van der Waals surface area contributed by atoms with Crippen molar-refractivity contribution in [2.75, 3.05) is 26.2 Å². The van der Waals surface area contributed by atoms with Gasteiger partial charge >= 0.3 is 0 Å². The molecule has 0 spiro atoms. The summed E-state index contributed by atoms with van der Waals surface area (Å²) < 4.78 is 6.42. The van der Waals surface area contributed by atoms with E-state index in [2.05, 4.69) is 39.5 Å². The largest absolute Gasteiger partial charge is 0.376 e. The molecule has 2 rings (SSSR count). The summed E-state index contributed by atoms with van der Waals surface area (Å²) in [5.74, 6) is 0.888. The number of hydrogen-bond acceptors (Lipinski definition) is 2. The SMILES string of the molecule is CCCCN(CCCC)CCO[C@@H]1C[C@H]2CC[C@]1(C)C2(C)C. The van der Waals surface area contributed by atoms with Crippen molar-refractivity contribution in [1.82, 2.24) is 4.90 Å². The zero-order valence-corrected chi connectivity index (χ0v) is 15.8. The topological polar surface area (TPSA) is 12.5 Å². The van der Waals surface area contributed by atoms with Crippen molar-refractivity contribution < 1.29 is 4.74 Å². The summed E-state index contributed by atoms with van der Waals surface area (Å²) in [4.78, 5) is 2.62. The van der Waals surface area contributed by atoms with E-state index in [4.69, 9.17) is 4.74 Å². The molecule has 0 aromatic carbocycles. The molecule has 0 aromatic heterocycles. The molecule has 3 atom stereocenters. The van der Waals surface area contributed by atoms with E-state index in [-0.39, 0.29) is 0 Å². The molecule has 0 aromatic rings. The van der Waals surface area contributed by atoms with E-state index < -0.39 is 0 Å². The van der Waals surface area contributed by atoms with Crippen LogP contribution >= 0.6 is 0 Å². The summed E-state index contributed by atoms with van der Waals surface area (Å²) in [6.07, 6.45) is 9.81. The molecule has 2 aliphatic rings. The van der Waals surface area contributed by atoms with Gasteiger partial charge in [-0.1, -0.05) is 47.5 Å². The molecule has 2 fully saturated rings. The minimum Gasteiger partial charge on any atom is -0.376 e. The summed E-state index contributed by atoms with van der Waals surface area (Å²) in [7, 11) is 0. The third-order valence-corrected chi connectivity index (χ3v) is 7.10. The van der Waals surface area contributed by atoms with Crippen LogP contribution in [0.5, 0.6) is 0 Å². The lowest BCUT2D eigenvalue weighted by Crippen LogP contribution is -2.39. The quantitative estimate of drug-likeness (QED) is 0.555. The molecule has 0 N–H and O–H groups in total. The summed E-state index contributed by atoms with van der Waals surface area (Å²) in [5.41, 5.74) is 0.886. The Hall–Kier alpha value is -0.0800. The van der Waals surface area contributed by atoms with Gasteiger partial charge in [0.05, 0.1) is 12.7 Å². The summed E-state index contributed by atoms with van der Waals surface area (Å²) in [6, 6.07) is 0. The first-order valence-electron chi connectivity index (χ1n) is 9.79. The summed E-state index contributed by atoms with van der Waals surface area (Å²) in [6.45, 7) is 16.5. The molecule has 0 heterocycles. The second-order valence-corrected chi connectivity index (χ2v) is 8.52. The molecular weight excluding hydrogens is 270 g/mol. The van der Waals surface area contributed by atoms with Gasteiger partial charge in [-0.2, -0.15) is 0 Å². The highest BCUT2D eigenvalue weighted by atomic mass is 16.5. The zero-order chi connectivity index (χ0) is 16.2. The van der Waals surface area contributed by atoms with Crippen LogP contribution in [0, 0.1) is 16.7 Å². The fourth-order valence-electron chi connectivity index (χ4n) is 4.81. The lowest BCUT2D eigenvalue weighted by Gasteiger charge is -2.39. The van der Waals surface area contributed by atoms with Gasteiger partial charge in [0.1, 0.15) is 0 Å². The Labute approximate surface area is 139 Å². The Morgan fingerprint density at radius 3 is 2.09 bits per heavy atom. The Morgan fingerprint density at radius 1 is 1.00 bits per heavy atom. The number of rotatable bonds is 10. The van der Waals surface area contributed by atoms with E-state index in [1.165, 1.54) is 58.0 Å². The lowest BCUT2D eigenvalue weighted by atomic mass is 9.70. The van der Waals surface area contributed by atoms with Crippen LogP contribution in [0.15, 0.2) is 0 Å². The Bertz CT molecular complexity index is 333. The van der Waals surface area contributed by atoms with Crippen molar-refractivity contribution >= 4 is 0 Å². The summed E-state index contributed by atoms with van der Waals surface area (Å²) >= 11 is 0. The third-order valence-electron chi connectivity index (χ3n) is 7.10. The number of ether oxygens (including phenoxy) is 1. The molecule has 2 heteroatoms. The first-order chi connectivity index (χ1) is 10.5. The van der Waals surface area contributed by atoms with Crippen LogP contribution < -0.4 is 0 Å². The number of unbranched alkanes of at least 4 members (excludes halogenated alkanes) is 2. The van der Waals surface area contributed by atoms with E-state index in [1.807, 2.05) is 0 Å². The molecule has 2 aliphatic carbocycles. The standard InChI is InChI=1S/C20H39NO/c1-6-8-12-21(13-9-7-2)14-15-22-18-16-17-10-11-20(18,5)19(17,3)4/h17-18H,6-16H2,1-5H3/t17-,18-,20+/m1/s1. The Balaban J connectivity index is 1.78. The van der Waals surface area contributed by atoms with Crippen molar-refractivity contribution in [3.63, 3.8) is 0 Å². The molecule has 0 unspecified atom stereocenters. The normalized spacial score (nSPS) is 33.0. The van der Waals surface area contributed by atoms with Gasteiger partial charge in [-0.05, 0) is 61.9 Å². The molecule has 0 aliphatic heterocycles. The van der Waals surface area contributed by atoms with E-state index in [0.29, 0.717) is 16.9 Å². The van der Waals surface area contributed by atoms with E-state index in [1.54, 1.807) is 0 Å². The van der Waals surface area contributed by atoms with E-state index in [9.17, 15) is 0 Å². The van der Waals surface area contributed by atoms with Crippen LogP contribution in [0.1, 0.15) is 79.6 Å². The van der Waals surface area contributed by atoms with Crippen molar-refractivity contribution in [3.8, 4) is 0 Å². The fraction of sp³-hybridized carbons (Fsp3) is 1.00. The van der Waals surface area contributed by atoms with Crippen molar-refractivity contribution in [1.29, 1.82) is 0 Å². The minimum absolute atomic E-state index is 0.412. The third kappa shape index (κ3) is 3.53. The van der Waals surface area contributed by atoms with Gasteiger partial charge in [0.25, 0.3) is 0 Å². The molecule has 2 saturated carbocycles. The maximum absolute atomic E-state index is 6.42. The van der Waals surface area contributed by atoms with Crippen molar-refractivity contribution in [3.05, 3.63) is 0 Å². The average Bonchev–Trinajstić information content (AvgIpc) is 2.82. The second kappa shape index (κ2) is 7.66. The molecule has 0 amide bonds. The summed E-state index contributed by atoms with van der Waals surface area (Å²) in [5, 5.41) is 0. The first kappa shape index (κ1) is 18.3.